The third-order valence-electron chi connectivity index (χ3n) is 12.3. The highest BCUT2D eigenvalue weighted by atomic mass is 32.2. The zero-order chi connectivity index (χ0) is 29.0. The molecule has 0 saturated heterocycles. The molecule has 4 aliphatic carbocycles. The first-order chi connectivity index (χ1) is 18.8. The SMILES string of the molecule is CC[C@@H]1C2C[C@H](O)CCC2(C)[C@H]2CCC3(C)C([C@H](C)CCC(=O)NS(=O)(=O)c4ccc(F)cc4)CC[C@H]3[C@@H]2[C@@H]1O. The smallest absolute Gasteiger partial charge is 0.264 e. The van der Waals surface area contributed by atoms with E-state index in [2.05, 4.69) is 32.4 Å². The van der Waals surface area contributed by atoms with Crippen LogP contribution in [0.5, 0.6) is 0 Å². The molecule has 4 fully saturated rings. The number of rotatable bonds is 7. The second kappa shape index (κ2) is 11.0. The van der Waals surface area contributed by atoms with E-state index >= 15 is 0 Å². The number of sulfonamides is 1. The van der Waals surface area contributed by atoms with Crippen molar-refractivity contribution in [3.8, 4) is 0 Å². The monoisotopic (exact) mass is 577 g/mol. The lowest BCUT2D eigenvalue weighted by atomic mass is 9.41. The summed E-state index contributed by atoms with van der Waals surface area (Å²) >= 11 is 0. The van der Waals surface area contributed by atoms with E-state index in [1.165, 1.54) is 0 Å². The van der Waals surface area contributed by atoms with Gasteiger partial charge in [0.1, 0.15) is 5.82 Å². The predicted octanol–water partition coefficient (Wildman–Crippen LogP) is 5.67. The lowest BCUT2D eigenvalue weighted by Crippen LogP contribution is -2.62. The van der Waals surface area contributed by atoms with Crippen LogP contribution < -0.4 is 4.72 Å². The summed E-state index contributed by atoms with van der Waals surface area (Å²) in [5.41, 5.74) is 0.261. The summed E-state index contributed by atoms with van der Waals surface area (Å²) in [5, 5.41) is 22.4. The van der Waals surface area contributed by atoms with E-state index in [1.807, 2.05) is 0 Å². The fourth-order valence-electron chi connectivity index (χ4n) is 10.4. The second-order valence-electron chi connectivity index (χ2n) is 14.1. The van der Waals surface area contributed by atoms with Gasteiger partial charge in [-0.05, 0) is 128 Å². The molecule has 40 heavy (non-hydrogen) atoms. The van der Waals surface area contributed by atoms with Crippen molar-refractivity contribution in [3.05, 3.63) is 30.1 Å². The maximum atomic E-state index is 13.2. The van der Waals surface area contributed by atoms with Gasteiger partial charge in [-0.3, -0.25) is 4.79 Å². The summed E-state index contributed by atoms with van der Waals surface area (Å²) in [7, 11) is -4.03. The number of carbonyl (C=O) groups excluding carboxylic acids is 1. The number of hydrogen-bond donors (Lipinski definition) is 3. The number of carbonyl (C=O) groups is 1. The van der Waals surface area contributed by atoms with E-state index in [0.29, 0.717) is 30.1 Å². The standard InChI is InChI=1S/C32H48FNO5S/c1-5-23-27-18-21(35)14-16-32(27,4)26-15-17-31(3)24(11-12-25(31)29(26)30(23)37)19(2)6-13-28(36)34-40(38,39)22-9-7-20(33)8-10-22/h7-10,19,21,23-27,29-30,35,37H,5-6,11-18H2,1-4H3,(H,34,36)/t19-,21-,23-,24?,25+,26+,27?,29+,30-,31?,32?/m1/s1. The van der Waals surface area contributed by atoms with Gasteiger partial charge in [-0.25, -0.2) is 17.5 Å². The Morgan fingerprint density at radius 1 is 1.02 bits per heavy atom. The molecule has 5 rings (SSSR count). The van der Waals surface area contributed by atoms with Gasteiger partial charge in [-0.2, -0.15) is 0 Å². The summed E-state index contributed by atoms with van der Waals surface area (Å²) in [6.45, 7) is 9.25. The molecule has 4 aliphatic rings. The van der Waals surface area contributed by atoms with Crippen molar-refractivity contribution in [1.29, 1.82) is 0 Å². The molecule has 11 atom stereocenters. The van der Waals surface area contributed by atoms with Crippen molar-refractivity contribution < 1.29 is 27.8 Å². The highest BCUT2D eigenvalue weighted by Crippen LogP contribution is 2.69. The van der Waals surface area contributed by atoms with Crippen LogP contribution in [0.25, 0.3) is 0 Å². The summed E-state index contributed by atoms with van der Waals surface area (Å²) in [4.78, 5) is 12.5. The number of amides is 1. The lowest BCUT2D eigenvalue weighted by Gasteiger charge is -2.64. The van der Waals surface area contributed by atoms with Gasteiger partial charge >= 0.3 is 0 Å². The minimum atomic E-state index is -4.03. The number of benzene rings is 1. The molecule has 0 radical (unpaired) electrons. The molecule has 1 aromatic carbocycles. The van der Waals surface area contributed by atoms with Crippen LogP contribution >= 0.6 is 0 Å². The maximum Gasteiger partial charge on any atom is 0.264 e. The van der Waals surface area contributed by atoms with Gasteiger partial charge in [-0.15, -0.1) is 0 Å². The molecule has 224 valence electrons. The Labute approximate surface area is 239 Å². The van der Waals surface area contributed by atoms with Crippen molar-refractivity contribution in [2.24, 2.45) is 52.3 Å². The van der Waals surface area contributed by atoms with E-state index in [-0.39, 0.29) is 52.1 Å². The number of halogens is 1. The van der Waals surface area contributed by atoms with Crippen molar-refractivity contribution >= 4 is 15.9 Å². The Bertz CT molecular complexity index is 1190. The molecule has 0 heterocycles. The van der Waals surface area contributed by atoms with Crippen LogP contribution in [0.1, 0.15) is 91.9 Å². The molecular formula is C32H48FNO5S. The van der Waals surface area contributed by atoms with E-state index in [4.69, 9.17) is 0 Å². The van der Waals surface area contributed by atoms with Crippen molar-refractivity contribution in [1.82, 2.24) is 4.72 Å². The normalized spacial score (nSPS) is 41.9. The molecule has 1 amide bonds. The Morgan fingerprint density at radius 2 is 1.68 bits per heavy atom. The van der Waals surface area contributed by atoms with Gasteiger partial charge in [0.15, 0.2) is 0 Å². The molecule has 3 N–H and O–H groups in total. The topological polar surface area (TPSA) is 104 Å². The van der Waals surface area contributed by atoms with Crippen LogP contribution in [0.4, 0.5) is 4.39 Å². The van der Waals surface area contributed by atoms with Crippen LogP contribution in [-0.4, -0.2) is 36.7 Å². The van der Waals surface area contributed by atoms with Crippen LogP contribution in [0.2, 0.25) is 0 Å². The number of hydrogen-bond acceptors (Lipinski definition) is 5. The maximum absolute atomic E-state index is 13.2. The van der Waals surface area contributed by atoms with Crippen molar-refractivity contribution in [2.75, 3.05) is 0 Å². The molecule has 1 aromatic rings. The molecule has 0 aliphatic heterocycles. The van der Waals surface area contributed by atoms with Crippen LogP contribution in [-0.2, 0) is 14.8 Å². The van der Waals surface area contributed by atoms with E-state index < -0.39 is 21.7 Å². The molecule has 0 spiro atoms. The second-order valence-corrected chi connectivity index (χ2v) is 15.8. The number of nitrogens with one attached hydrogen (secondary N) is 1. The predicted molar refractivity (Wildman–Crippen MR) is 152 cm³/mol. The average Bonchev–Trinajstić information content (AvgIpc) is 3.26. The lowest BCUT2D eigenvalue weighted by molar-refractivity contribution is -0.203. The molecular weight excluding hydrogens is 529 g/mol. The highest BCUT2D eigenvalue weighted by molar-refractivity contribution is 7.90. The molecule has 0 aromatic heterocycles. The van der Waals surface area contributed by atoms with Gasteiger partial charge in [0.05, 0.1) is 17.1 Å². The average molecular weight is 578 g/mol. The van der Waals surface area contributed by atoms with Gasteiger partial charge in [-0.1, -0.05) is 34.1 Å². The molecule has 6 nitrogen and oxygen atoms in total. The summed E-state index contributed by atoms with van der Waals surface area (Å²) < 4.78 is 40.5. The van der Waals surface area contributed by atoms with Gasteiger partial charge in [0.25, 0.3) is 10.0 Å². The highest BCUT2D eigenvalue weighted by Gasteiger charge is 2.64. The number of fused-ring (bicyclic) bond motifs is 5. The molecule has 0 bridgehead atoms. The third kappa shape index (κ3) is 5.04. The summed E-state index contributed by atoms with van der Waals surface area (Å²) in [6, 6.07) is 4.45. The van der Waals surface area contributed by atoms with Crippen molar-refractivity contribution in [3.63, 3.8) is 0 Å². The van der Waals surface area contributed by atoms with Gasteiger partial charge in [0, 0.05) is 6.42 Å². The van der Waals surface area contributed by atoms with Gasteiger partial charge < -0.3 is 10.2 Å². The number of aliphatic hydroxyl groups excluding tert-OH is 2. The van der Waals surface area contributed by atoms with E-state index in [9.17, 15) is 27.8 Å². The fraction of sp³-hybridized carbons (Fsp3) is 0.781. The van der Waals surface area contributed by atoms with Crippen LogP contribution in [0, 0.1) is 58.1 Å². The zero-order valence-electron chi connectivity index (χ0n) is 24.5. The summed E-state index contributed by atoms with van der Waals surface area (Å²) in [5.74, 6) is 1.42. The molecule has 4 unspecified atom stereocenters. The van der Waals surface area contributed by atoms with Crippen molar-refractivity contribution in [2.45, 2.75) is 109 Å². The Morgan fingerprint density at radius 3 is 2.35 bits per heavy atom. The van der Waals surface area contributed by atoms with E-state index in [1.54, 1.807) is 0 Å². The molecule has 8 heteroatoms. The number of aliphatic hydroxyl groups is 2. The van der Waals surface area contributed by atoms with Gasteiger partial charge in [0.2, 0.25) is 5.91 Å². The first-order valence-electron chi connectivity index (χ1n) is 15.5. The third-order valence-corrected chi connectivity index (χ3v) is 13.7. The molecule has 4 saturated carbocycles. The minimum Gasteiger partial charge on any atom is -0.393 e. The van der Waals surface area contributed by atoms with Crippen LogP contribution in [0.3, 0.4) is 0 Å². The largest absolute Gasteiger partial charge is 0.393 e. The van der Waals surface area contributed by atoms with Crippen LogP contribution in [0.15, 0.2) is 29.2 Å². The zero-order valence-corrected chi connectivity index (χ0v) is 25.3. The first kappa shape index (κ1) is 30.0. The summed E-state index contributed by atoms with van der Waals surface area (Å²) in [6.07, 6.45) is 8.19. The first-order valence-corrected chi connectivity index (χ1v) is 17.0. The Kier molecular flexibility index (Phi) is 8.21. The Hall–Kier alpha value is -1.51. The minimum absolute atomic E-state index is 0.0912. The fourth-order valence-corrected chi connectivity index (χ4v) is 11.4. The quantitative estimate of drug-likeness (QED) is 0.387. The van der Waals surface area contributed by atoms with E-state index in [0.717, 1.165) is 75.6 Å². The Balaban J connectivity index is 1.26.